The summed E-state index contributed by atoms with van der Waals surface area (Å²) >= 11 is 1.65. The van der Waals surface area contributed by atoms with Crippen molar-refractivity contribution in [2.24, 2.45) is 0 Å². The molecule has 0 aromatic carbocycles. The minimum Gasteiger partial charge on any atom is -0.468 e. The van der Waals surface area contributed by atoms with Crippen LogP contribution in [0.25, 0.3) is 0 Å². The highest BCUT2D eigenvalue weighted by Gasteiger charge is 2.41. The molecule has 46 valence electrons. The number of carbonyl (C=O) groups excluding carboxylic acids is 1. The van der Waals surface area contributed by atoms with Gasteiger partial charge in [-0.3, -0.25) is 4.79 Å². The second-order valence-electron chi connectivity index (χ2n) is 1.78. The SMILES string of the molecule is COC(=O)[C@H]1S[C@H]1C. The third kappa shape index (κ3) is 0.968. The molecule has 1 saturated heterocycles. The first kappa shape index (κ1) is 5.95. The second-order valence-corrected chi connectivity index (χ2v) is 3.31. The Kier molecular flexibility index (Phi) is 1.47. The van der Waals surface area contributed by atoms with E-state index < -0.39 is 0 Å². The van der Waals surface area contributed by atoms with Gasteiger partial charge in [-0.15, -0.1) is 11.8 Å². The van der Waals surface area contributed by atoms with Crippen LogP contribution in [0.1, 0.15) is 6.92 Å². The largest absolute Gasteiger partial charge is 0.468 e. The highest BCUT2D eigenvalue weighted by atomic mass is 32.2. The molecule has 0 aliphatic carbocycles. The molecule has 0 N–H and O–H groups in total. The number of carbonyl (C=O) groups is 1. The zero-order valence-electron chi connectivity index (χ0n) is 4.88. The van der Waals surface area contributed by atoms with Crippen LogP contribution in [0.5, 0.6) is 0 Å². The Labute approximate surface area is 52.6 Å². The molecule has 0 saturated carbocycles. The fourth-order valence-corrected chi connectivity index (χ4v) is 1.24. The lowest BCUT2D eigenvalue weighted by molar-refractivity contribution is -0.139. The van der Waals surface area contributed by atoms with Gasteiger partial charge in [-0.1, -0.05) is 6.92 Å². The molecule has 3 heteroatoms. The molecule has 0 unspecified atom stereocenters. The molecular weight excluding hydrogens is 124 g/mol. The van der Waals surface area contributed by atoms with Gasteiger partial charge in [0, 0.05) is 5.25 Å². The number of hydrogen-bond donors (Lipinski definition) is 0. The van der Waals surface area contributed by atoms with Gasteiger partial charge >= 0.3 is 5.97 Å². The molecule has 0 aromatic heterocycles. The highest BCUT2D eigenvalue weighted by Crippen LogP contribution is 2.41. The first-order valence-corrected chi connectivity index (χ1v) is 3.43. The summed E-state index contributed by atoms with van der Waals surface area (Å²) in [7, 11) is 1.42. The second kappa shape index (κ2) is 1.97. The third-order valence-electron chi connectivity index (χ3n) is 1.14. The topological polar surface area (TPSA) is 26.3 Å². The molecule has 2 atom stereocenters. The molecule has 0 bridgehead atoms. The normalized spacial score (nSPS) is 34.2. The van der Waals surface area contributed by atoms with Crippen molar-refractivity contribution in [3.8, 4) is 0 Å². The van der Waals surface area contributed by atoms with Gasteiger partial charge in [-0.25, -0.2) is 0 Å². The van der Waals surface area contributed by atoms with Gasteiger partial charge in [0.25, 0.3) is 0 Å². The van der Waals surface area contributed by atoms with E-state index >= 15 is 0 Å². The van der Waals surface area contributed by atoms with Crippen molar-refractivity contribution in [1.82, 2.24) is 0 Å². The van der Waals surface area contributed by atoms with Crippen molar-refractivity contribution >= 4 is 17.7 Å². The molecule has 0 aromatic rings. The maximum absolute atomic E-state index is 10.5. The molecule has 1 aliphatic rings. The molecule has 1 fully saturated rings. The van der Waals surface area contributed by atoms with Crippen LogP contribution in [0, 0.1) is 0 Å². The molecule has 0 spiro atoms. The summed E-state index contributed by atoms with van der Waals surface area (Å²) in [4.78, 5) is 10.5. The number of esters is 1. The average molecular weight is 132 g/mol. The molecule has 1 rings (SSSR count). The van der Waals surface area contributed by atoms with Crippen LogP contribution in [0.3, 0.4) is 0 Å². The van der Waals surface area contributed by atoms with Gasteiger partial charge in [-0.05, 0) is 0 Å². The smallest absolute Gasteiger partial charge is 0.319 e. The quantitative estimate of drug-likeness (QED) is 0.387. The van der Waals surface area contributed by atoms with Crippen molar-refractivity contribution in [2.75, 3.05) is 7.11 Å². The van der Waals surface area contributed by atoms with Crippen LogP contribution < -0.4 is 0 Å². The summed E-state index contributed by atoms with van der Waals surface area (Å²) in [5.74, 6) is -0.0810. The Bertz CT molecular complexity index is 113. The van der Waals surface area contributed by atoms with Crippen LogP contribution in [-0.4, -0.2) is 23.6 Å². The molecular formula is C5H8O2S. The van der Waals surface area contributed by atoms with E-state index in [-0.39, 0.29) is 11.2 Å². The first-order valence-electron chi connectivity index (χ1n) is 2.49. The summed E-state index contributed by atoms with van der Waals surface area (Å²) in [6, 6.07) is 0. The van der Waals surface area contributed by atoms with Crippen LogP contribution in [0.2, 0.25) is 0 Å². The molecule has 2 nitrogen and oxygen atoms in total. The van der Waals surface area contributed by atoms with Crippen molar-refractivity contribution in [3.63, 3.8) is 0 Å². The first-order chi connectivity index (χ1) is 3.75. The predicted molar refractivity (Wildman–Crippen MR) is 32.9 cm³/mol. The lowest BCUT2D eigenvalue weighted by Crippen LogP contribution is -2.09. The van der Waals surface area contributed by atoms with Gasteiger partial charge < -0.3 is 4.74 Å². The summed E-state index contributed by atoms with van der Waals surface area (Å²) in [5.41, 5.74) is 0. The fourth-order valence-electron chi connectivity index (χ4n) is 0.549. The van der Waals surface area contributed by atoms with Gasteiger partial charge in [0.1, 0.15) is 5.25 Å². The van der Waals surface area contributed by atoms with E-state index in [9.17, 15) is 4.79 Å². The van der Waals surface area contributed by atoms with E-state index in [0.29, 0.717) is 5.25 Å². The Morgan fingerprint density at radius 2 is 2.25 bits per heavy atom. The summed E-state index contributed by atoms with van der Waals surface area (Å²) in [5, 5.41) is 0.627. The lowest BCUT2D eigenvalue weighted by Gasteiger charge is -1.89. The number of hydrogen-bond acceptors (Lipinski definition) is 3. The van der Waals surface area contributed by atoms with Crippen molar-refractivity contribution in [3.05, 3.63) is 0 Å². The maximum Gasteiger partial charge on any atom is 0.319 e. The minimum absolute atomic E-state index is 0.0810. The lowest BCUT2D eigenvalue weighted by atomic mass is 10.3. The van der Waals surface area contributed by atoms with E-state index in [1.807, 2.05) is 6.92 Å². The Hall–Kier alpha value is -0.180. The van der Waals surface area contributed by atoms with E-state index in [1.54, 1.807) is 11.8 Å². The van der Waals surface area contributed by atoms with Gasteiger partial charge in [-0.2, -0.15) is 0 Å². The van der Waals surface area contributed by atoms with Crippen LogP contribution in [0.4, 0.5) is 0 Å². The van der Waals surface area contributed by atoms with Crippen molar-refractivity contribution < 1.29 is 9.53 Å². The van der Waals surface area contributed by atoms with Crippen molar-refractivity contribution in [2.45, 2.75) is 17.4 Å². The molecule has 0 amide bonds. The van der Waals surface area contributed by atoms with Crippen molar-refractivity contribution in [1.29, 1.82) is 0 Å². The van der Waals surface area contributed by atoms with Gasteiger partial charge in [0.05, 0.1) is 7.11 Å². The zero-order valence-corrected chi connectivity index (χ0v) is 5.70. The zero-order chi connectivity index (χ0) is 6.15. The minimum atomic E-state index is -0.0810. The summed E-state index contributed by atoms with van der Waals surface area (Å²) in [6.07, 6.45) is 0. The van der Waals surface area contributed by atoms with E-state index in [2.05, 4.69) is 4.74 Å². The number of ether oxygens (including phenoxy) is 1. The van der Waals surface area contributed by atoms with E-state index in [4.69, 9.17) is 0 Å². The Morgan fingerprint density at radius 1 is 1.75 bits per heavy atom. The summed E-state index contributed by atoms with van der Waals surface area (Å²) < 4.78 is 4.48. The monoisotopic (exact) mass is 132 g/mol. The van der Waals surface area contributed by atoms with Gasteiger partial charge in [0.2, 0.25) is 0 Å². The average Bonchev–Trinajstić information content (AvgIpc) is 2.45. The Balaban J connectivity index is 2.28. The number of thioether (sulfide) groups is 1. The van der Waals surface area contributed by atoms with E-state index in [0.717, 1.165) is 0 Å². The molecule has 0 radical (unpaired) electrons. The fraction of sp³-hybridized carbons (Fsp3) is 0.800. The summed E-state index contributed by atoms with van der Waals surface area (Å²) in [6.45, 7) is 2.02. The number of rotatable bonds is 1. The molecule has 8 heavy (non-hydrogen) atoms. The van der Waals surface area contributed by atoms with E-state index in [1.165, 1.54) is 7.11 Å². The number of methoxy groups -OCH3 is 1. The third-order valence-corrected chi connectivity index (χ3v) is 2.43. The van der Waals surface area contributed by atoms with Crippen LogP contribution >= 0.6 is 11.8 Å². The van der Waals surface area contributed by atoms with Gasteiger partial charge in [0.15, 0.2) is 0 Å². The standard InChI is InChI=1S/C5H8O2S/c1-3-4(8-3)5(6)7-2/h3-4H,1-2H3/t3-,4-/m0/s1. The maximum atomic E-state index is 10.5. The van der Waals surface area contributed by atoms with Crippen LogP contribution in [-0.2, 0) is 9.53 Å². The molecule has 1 heterocycles. The predicted octanol–water partition coefficient (Wildman–Crippen LogP) is 0.663. The highest BCUT2D eigenvalue weighted by molar-refractivity contribution is 8.08. The van der Waals surface area contributed by atoms with Crippen LogP contribution in [0.15, 0.2) is 0 Å². The Morgan fingerprint density at radius 3 is 2.38 bits per heavy atom. The molecule has 1 aliphatic heterocycles.